The number of carbonyl (C=O) groups is 1. The van der Waals surface area contributed by atoms with Crippen LogP contribution in [0.2, 0.25) is 0 Å². The summed E-state index contributed by atoms with van der Waals surface area (Å²) < 4.78 is 31.4. The van der Waals surface area contributed by atoms with Crippen molar-refractivity contribution in [3.63, 3.8) is 0 Å². The highest BCUT2D eigenvalue weighted by Gasteiger charge is 2.09. The lowest BCUT2D eigenvalue weighted by atomic mass is 10.1. The number of anilines is 1. The number of sulfonamides is 1. The first-order chi connectivity index (χ1) is 13.5. The topological polar surface area (TPSA) is 84.5 Å². The van der Waals surface area contributed by atoms with E-state index in [-0.39, 0.29) is 11.7 Å². The minimum absolute atomic E-state index is 0.00800. The third-order valence-electron chi connectivity index (χ3n) is 4.20. The van der Waals surface area contributed by atoms with Crippen molar-refractivity contribution < 1.29 is 17.9 Å². The van der Waals surface area contributed by atoms with Crippen LogP contribution in [-0.2, 0) is 10.0 Å². The molecule has 0 aromatic heterocycles. The van der Waals surface area contributed by atoms with E-state index < -0.39 is 10.0 Å². The average Bonchev–Trinajstić information content (AvgIpc) is 2.71. The Labute approximate surface area is 164 Å². The molecule has 0 saturated heterocycles. The molecule has 0 radical (unpaired) electrons. The fourth-order valence-electron chi connectivity index (χ4n) is 2.69. The van der Waals surface area contributed by atoms with Crippen molar-refractivity contribution in [1.29, 1.82) is 0 Å². The molecular formula is C21H22N2O4S. The van der Waals surface area contributed by atoms with Crippen LogP contribution in [0.1, 0.15) is 17.3 Å². The summed E-state index contributed by atoms with van der Waals surface area (Å²) in [4.78, 5) is 12.2. The zero-order chi connectivity index (χ0) is 20.0. The molecule has 0 aliphatic heterocycles. The molecule has 3 aromatic carbocycles. The quantitative estimate of drug-likeness (QED) is 0.570. The number of amides is 1. The van der Waals surface area contributed by atoms with E-state index in [1.165, 1.54) is 0 Å². The lowest BCUT2D eigenvalue weighted by molar-refractivity contribution is 0.0947. The number of hydrogen-bond donors (Lipinski definition) is 2. The van der Waals surface area contributed by atoms with Gasteiger partial charge < -0.3 is 10.1 Å². The van der Waals surface area contributed by atoms with Crippen molar-refractivity contribution in [1.82, 2.24) is 5.32 Å². The highest BCUT2D eigenvalue weighted by molar-refractivity contribution is 7.92. The lowest BCUT2D eigenvalue weighted by Gasteiger charge is -2.10. The second-order valence-corrected chi connectivity index (χ2v) is 8.18. The first kappa shape index (κ1) is 19.7. The van der Waals surface area contributed by atoms with Gasteiger partial charge in [0.25, 0.3) is 5.91 Å². The Morgan fingerprint density at radius 1 is 0.964 bits per heavy atom. The van der Waals surface area contributed by atoms with Crippen LogP contribution in [0.25, 0.3) is 10.8 Å². The minimum Gasteiger partial charge on any atom is -0.491 e. The van der Waals surface area contributed by atoms with Crippen molar-refractivity contribution in [2.75, 3.05) is 23.6 Å². The van der Waals surface area contributed by atoms with Gasteiger partial charge in [0.15, 0.2) is 0 Å². The third-order valence-corrected chi connectivity index (χ3v) is 5.50. The number of nitrogens with one attached hydrogen (secondary N) is 2. The van der Waals surface area contributed by atoms with E-state index in [2.05, 4.69) is 10.0 Å². The van der Waals surface area contributed by atoms with Crippen molar-refractivity contribution in [2.45, 2.75) is 6.92 Å². The van der Waals surface area contributed by atoms with Gasteiger partial charge in [-0.1, -0.05) is 36.4 Å². The van der Waals surface area contributed by atoms with E-state index in [0.29, 0.717) is 24.4 Å². The standard InChI is InChI=1S/C21H22N2O4S/c1-2-28(25,26)23-18-12-10-17(11-13-18)21(24)22-14-15-27-20-9-5-7-16-6-3-4-8-19(16)20/h3-13,23H,2,14-15H2,1H3,(H,22,24). The van der Waals surface area contributed by atoms with Crippen LogP contribution in [0, 0.1) is 0 Å². The summed E-state index contributed by atoms with van der Waals surface area (Å²) in [5.41, 5.74) is 0.877. The highest BCUT2D eigenvalue weighted by Crippen LogP contribution is 2.24. The van der Waals surface area contributed by atoms with E-state index in [9.17, 15) is 13.2 Å². The van der Waals surface area contributed by atoms with Gasteiger partial charge in [-0.3, -0.25) is 9.52 Å². The normalized spacial score (nSPS) is 11.2. The van der Waals surface area contributed by atoms with Crippen molar-refractivity contribution in [3.05, 3.63) is 72.3 Å². The Morgan fingerprint density at radius 2 is 1.68 bits per heavy atom. The molecule has 0 spiro atoms. The van der Waals surface area contributed by atoms with Crippen molar-refractivity contribution in [3.8, 4) is 5.75 Å². The first-order valence-corrected chi connectivity index (χ1v) is 10.6. The summed E-state index contributed by atoms with van der Waals surface area (Å²) in [6, 6.07) is 20.1. The molecule has 146 valence electrons. The SMILES string of the molecule is CCS(=O)(=O)Nc1ccc(C(=O)NCCOc2cccc3ccccc23)cc1. The summed E-state index contributed by atoms with van der Waals surface area (Å²) in [5.74, 6) is 0.526. The fraction of sp³-hybridized carbons (Fsp3) is 0.190. The molecule has 0 bridgehead atoms. The molecule has 0 saturated carbocycles. The van der Waals surface area contributed by atoms with Crippen LogP contribution in [-0.4, -0.2) is 33.2 Å². The number of carbonyl (C=O) groups excluding carboxylic acids is 1. The van der Waals surface area contributed by atoms with Gasteiger partial charge in [-0.05, 0) is 42.6 Å². The van der Waals surface area contributed by atoms with Crippen LogP contribution in [0.5, 0.6) is 5.75 Å². The fourth-order valence-corrected chi connectivity index (χ4v) is 3.33. The van der Waals surface area contributed by atoms with Crippen LogP contribution in [0.15, 0.2) is 66.7 Å². The highest BCUT2D eigenvalue weighted by atomic mass is 32.2. The predicted molar refractivity (Wildman–Crippen MR) is 111 cm³/mol. The summed E-state index contributed by atoms with van der Waals surface area (Å²) in [7, 11) is -3.33. The largest absolute Gasteiger partial charge is 0.491 e. The third kappa shape index (κ3) is 5.01. The zero-order valence-electron chi connectivity index (χ0n) is 15.5. The van der Waals surface area contributed by atoms with Gasteiger partial charge in [-0.2, -0.15) is 0 Å². The van der Waals surface area contributed by atoms with Crippen LogP contribution in [0.3, 0.4) is 0 Å². The van der Waals surface area contributed by atoms with Gasteiger partial charge >= 0.3 is 0 Å². The van der Waals surface area contributed by atoms with Crippen LogP contribution >= 0.6 is 0 Å². The Hall–Kier alpha value is -3.06. The summed E-state index contributed by atoms with van der Waals surface area (Å²) >= 11 is 0. The molecule has 28 heavy (non-hydrogen) atoms. The number of fused-ring (bicyclic) bond motifs is 1. The Morgan fingerprint density at radius 3 is 2.43 bits per heavy atom. The van der Waals surface area contributed by atoms with E-state index in [1.54, 1.807) is 31.2 Å². The predicted octanol–water partition coefficient (Wildman–Crippen LogP) is 3.41. The number of hydrogen-bond acceptors (Lipinski definition) is 4. The molecule has 0 unspecified atom stereocenters. The Bertz CT molecular complexity index is 1060. The average molecular weight is 398 g/mol. The van der Waals surface area contributed by atoms with Gasteiger partial charge in [0.05, 0.1) is 12.3 Å². The molecule has 1 amide bonds. The van der Waals surface area contributed by atoms with E-state index >= 15 is 0 Å². The smallest absolute Gasteiger partial charge is 0.251 e. The van der Waals surface area contributed by atoms with E-state index in [0.717, 1.165) is 16.5 Å². The summed E-state index contributed by atoms with van der Waals surface area (Å²) in [6.07, 6.45) is 0. The molecule has 6 nitrogen and oxygen atoms in total. The molecule has 0 aliphatic rings. The summed E-state index contributed by atoms with van der Waals surface area (Å²) in [5, 5.41) is 4.92. The molecule has 7 heteroatoms. The van der Waals surface area contributed by atoms with E-state index in [4.69, 9.17) is 4.74 Å². The first-order valence-electron chi connectivity index (χ1n) is 8.98. The minimum atomic E-state index is -3.33. The number of ether oxygens (including phenoxy) is 1. The Kier molecular flexibility index (Phi) is 6.16. The molecule has 2 N–H and O–H groups in total. The number of rotatable bonds is 8. The molecule has 0 aliphatic carbocycles. The number of benzene rings is 3. The van der Waals surface area contributed by atoms with Crippen molar-refractivity contribution >= 4 is 32.4 Å². The molecule has 0 fully saturated rings. The molecule has 3 aromatic rings. The van der Waals surface area contributed by atoms with Gasteiger partial charge in [-0.25, -0.2) is 8.42 Å². The molecule has 3 rings (SSSR count). The Balaban J connectivity index is 1.51. The van der Waals surface area contributed by atoms with Gasteiger partial charge in [0.1, 0.15) is 12.4 Å². The molecule has 0 atom stereocenters. The molecular weight excluding hydrogens is 376 g/mol. The zero-order valence-corrected chi connectivity index (χ0v) is 16.3. The summed E-state index contributed by atoms with van der Waals surface area (Å²) in [6.45, 7) is 2.25. The lowest BCUT2D eigenvalue weighted by Crippen LogP contribution is -2.28. The van der Waals surface area contributed by atoms with Crippen LogP contribution < -0.4 is 14.8 Å². The maximum absolute atomic E-state index is 12.2. The second kappa shape index (κ2) is 8.75. The van der Waals surface area contributed by atoms with Gasteiger partial charge in [-0.15, -0.1) is 0 Å². The monoisotopic (exact) mass is 398 g/mol. The van der Waals surface area contributed by atoms with Gasteiger partial charge in [0.2, 0.25) is 10.0 Å². The van der Waals surface area contributed by atoms with Gasteiger partial charge in [0, 0.05) is 16.6 Å². The molecule has 0 heterocycles. The maximum atomic E-state index is 12.2. The second-order valence-electron chi connectivity index (χ2n) is 6.16. The van der Waals surface area contributed by atoms with E-state index in [1.807, 2.05) is 42.5 Å². The maximum Gasteiger partial charge on any atom is 0.251 e. The van der Waals surface area contributed by atoms with Crippen molar-refractivity contribution in [2.24, 2.45) is 0 Å². The van der Waals surface area contributed by atoms with Crippen LogP contribution in [0.4, 0.5) is 5.69 Å².